The molecule has 1 aromatic heterocycles. The van der Waals surface area contributed by atoms with Gasteiger partial charge < -0.3 is 15.2 Å². The highest BCUT2D eigenvalue weighted by Gasteiger charge is 2.58. The Bertz CT molecular complexity index is 837. The number of likely N-dealkylation sites (tertiary alicyclic amines) is 1. The minimum atomic E-state index is -0.787. The van der Waals surface area contributed by atoms with E-state index >= 15 is 0 Å². The van der Waals surface area contributed by atoms with Crippen LogP contribution in [0.5, 0.6) is 0 Å². The van der Waals surface area contributed by atoms with Crippen LogP contribution in [-0.4, -0.2) is 40.8 Å². The molecule has 0 bridgehead atoms. The Kier molecular flexibility index (Phi) is 4.94. The van der Waals surface area contributed by atoms with E-state index < -0.39 is 5.41 Å². The lowest BCUT2D eigenvalue weighted by Gasteiger charge is -2.37. The Morgan fingerprint density at radius 3 is 2.85 bits per heavy atom. The fraction of sp³-hybridized carbons (Fsp3) is 0.545. The number of H-pyrrole nitrogens is 1. The van der Waals surface area contributed by atoms with Crippen molar-refractivity contribution in [2.24, 2.45) is 5.41 Å². The van der Waals surface area contributed by atoms with E-state index in [1.54, 1.807) is 0 Å². The molecule has 1 saturated heterocycles. The van der Waals surface area contributed by atoms with Crippen LogP contribution >= 0.6 is 0 Å². The molecule has 4 rings (SSSR count). The number of piperidine rings is 1. The lowest BCUT2D eigenvalue weighted by atomic mass is 9.95. The van der Waals surface area contributed by atoms with Gasteiger partial charge in [0.25, 0.3) is 0 Å². The number of nitrogens with one attached hydrogen (secondary N) is 2. The predicted molar refractivity (Wildman–Crippen MR) is 106 cm³/mol. The molecule has 5 heteroatoms. The van der Waals surface area contributed by atoms with Gasteiger partial charge in [-0.1, -0.05) is 25.1 Å². The Morgan fingerprint density at radius 1 is 1.26 bits per heavy atom. The molecule has 1 aliphatic heterocycles. The molecule has 1 atom stereocenters. The van der Waals surface area contributed by atoms with Gasteiger partial charge in [-0.25, -0.2) is 0 Å². The highest BCUT2D eigenvalue weighted by molar-refractivity contribution is 6.08. The number of nitrogens with zero attached hydrogens (tertiary/aromatic N) is 1. The van der Waals surface area contributed by atoms with E-state index in [1.807, 2.05) is 23.2 Å². The monoisotopic (exact) mass is 367 g/mol. The molecule has 1 aliphatic carbocycles. The van der Waals surface area contributed by atoms with Crippen LogP contribution in [0.25, 0.3) is 10.9 Å². The second kappa shape index (κ2) is 7.37. The van der Waals surface area contributed by atoms with Crippen molar-refractivity contribution in [1.29, 1.82) is 0 Å². The first-order valence-electron chi connectivity index (χ1n) is 10.3. The number of para-hydroxylation sites is 1. The van der Waals surface area contributed by atoms with Crippen LogP contribution < -0.4 is 5.32 Å². The van der Waals surface area contributed by atoms with Crippen molar-refractivity contribution >= 4 is 22.7 Å². The Balaban J connectivity index is 1.37. The molecule has 144 valence electrons. The molecule has 5 nitrogen and oxygen atoms in total. The van der Waals surface area contributed by atoms with E-state index in [1.165, 1.54) is 17.4 Å². The number of carbonyl (C=O) groups is 2. The van der Waals surface area contributed by atoms with Gasteiger partial charge in [-0.15, -0.1) is 0 Å². The summed E-state index contributed by atoms with van der Waals surface area (Å²) in [6.45, 7) is 3.51. The van der Waals surface area contributed by atoms with E-state index in [-0.39, 0.29) is 11.8 Å². The molecule has 1 aromatic carbocycles. The average Bonchev–Trinajstić information content (AvgIpc) is 3.43. The number of fused-ring (bicyclic) bond motifs is 1. The molecule has 2 heterocycles. The van der Waals surface area contributed by atoms with E-state index in [9.17, 15) is 9.59 Å². The minimum absolute atomic E-state index is 0.0682. The summed E-state index contributed by atoms with van der Waals surface area (Å²) in [5.41, 5.74) is 1.53. The SMILES string of the molecule is CCC1CCCCN1C(=O)C1(C(=O)NCCc2c[nH]c3ccccc23)CC1. The quantitative estimate of drug-likeness (QED) is 0.769. The maximum Gasteiger partial charge on any atom is 0.238 e. The first-order valence-corrected chi connectivity index (χ1v) is 10.3. The van der Waals surface area contributed by atoms with Crippen LogP contribution in [0.1, 0.15) is 51.0 Å². The normalized spacial score (nSPS) is 21.2. The third kappa shape index (κ3) is 3.35. The van der Waals surface area contributed by atoms with Gasteiger partial charge in [-0.2, -0.15) is 0 Å². The number of aromatic amines is 1. The zero-order valence-corrected chi connectivity index (χ0v) is 16.1. The topological polar surface area (TPSA) is 65.2 Å². The summed E-state index contributed by atoms with van der Waals surface area (Å²) in [4.78, 5) is 31.2. The van der Waals surface area contributed by atoms with Gasteiger partial charge in [0.2, 0.25) is 11.8 Å². The van der Waals surface area contributed by atoms with Crippen molar-refractivity contribution in [2.75, 3.05) is 13.1 Å². The fourth-order valence-electron chi connectivity index (χ4n) is 4.45. The fourth-order valence-corrected chi connectivity index (χ4v) is 4.45. The first kappa shape index (κ1) is 18.1. The second-order valence-electron chi connectivity index (χ2n) is 8.00. The summed E-state index contributed by atoms with van der Waals surface area (Å²) in [5.74, 6) is -0.00795. The highest BCUT2D eigenvalue weighted by atomic mass is 16.2. The molecule has 2 aliphatic rings. The molecule has 1 unspecified atom stereocenters. The summed E-state index contributed by atoms with van der Waals surface area (Å²) in [6.07, 6.45) is 8.45. The number of aromatic nitrogens is 1. The zero-order valence-electron chi connectivity index (χ0n) is 16.1. The Morgan fingerprint density at radius 2 is 2.07 bits per heavy atom. The smallest absolute Gasteiger partial charge is 0.238 e. The molecule has 0 spiro atoms. The lowest BCUT2D eigenvalue weighted by Crippen LogP contribution is -2.51. The molecule has 27 heavy (non-hydrogen) atoms. The molecular formula is C22H29N3O2. The van der Waals surface area contributed by atoms with Crippen LogP contribution in [0.2, 0.25) is 0 Å². The number of benzene rings is 1. The summed E-state index contributed by atoms with van der Waals surface area (Å²) in [6, 6.07) is 8.49. The third-order valence-electron chi connectivity index (χ3n) is 6.31. The number of rotatable bonds is 6. The molecule has 1 saturated carbocycles. The van der Waals surface area contributed by atoms with Crippen LogP contribution in [0.4, 0.5) is 0 Å². The average molecular weight is 367 g/mol. The van der Waals surface area contributed by atoms with Crippen molar-refractivity contribution in [1.82, 2.24) is 15.2 Å². The van der Waals surface area contributed by atoms with Crippen molar-refractivity contribution in [3.63, 3.8) is 0 Å². The molecule has 0 radical (unpaired) electrons. The van der Waals surface area contributed by atoms with E-state index in [4.69, 9.17) is 0 Å². The third-order valence-corrected chi connectivity index (χ3v) is 6.31. The standard InChI is InChI=1S/C22H29N3O2/c1-2-17-7-5-6-14-25(17)21(27)22(11-12-22)20(26)23-13-10-16-15-24-19-9-4-3-8-18(16)19/h3-4,8-9,15,17,24H,2,5-7,10-14H2,1H3,(H,23,26). The summed E-state index contributed by atoms with van der Waals surface area (Å²) in [5, 5.41) is 4.24. The summed E-state index contributed by atoms with van der Waals surface area (Å²) >= 11 is 0. The van der Waals surface area contributed by atoms with Crippen molar-refractivity contribution in [3.05, 3.63) is 36.0 Å². The van der Waals surface area contributed by atoms with Crippen molar-refractivity contribution < 1.29 is 9.59 Å². The van der Waals surface area contributed by atoms with Gasteiger partial charge in [0.05, 0.1) is 0 Å². The second-order valence-corrected chi connectivity index (χ2v) is 8.00. The van der Waals surface area contributed by atoms with E-state index in [2.05, 4.69) is 29.4 Å². The molecule has 2 amide bonds. The van der Waals surface area contributed by atoms with E-state index in [0.717, 1.165) is 37.7 Å². The molecule has 2 N–H and O–H groups in total. The largest absolute Gasteiger partial charge is 0.361 e. The maximum absolute atomic E-state index is 13.1. The number of amides is 2. The van der Waals surface area contributed by atoms with Crippen molar-refractivity contribution in [3.8, 4) is 0 Å². The Hall–Kier alpha value is -2.30. The van der Waals surface area contributed by atoms with E-state index in [0.29, 0.717) is 25.4 Å². The molecule has 2 fully saturated rings. The van der Waals surface area contributed by atoms with Crippen LogP contribution in [0.15, 0.2) is 30.5 Å². The van der Waals surface area contributed by atoms with Gasteiger partial charge >= 0.3 is 0 Å². The first-order chi connectivity index (χ1) is 13.2. The van der Waals surface area contributed by atoms with Gasteiger partial charge in [-0.05, 0) is 56.6 Å². The lowest BCUT2D eigenvalue weighted by molar-refractivity contribution is -0.147. The van der Waals surface area contributed by atoms with Crippen LogP contribution in [0.3, 0.4) is 0 Å². The number of hydrogen-bond acceptors (Lipinski definition) is 2. The Labute approximate surface area is 160 Å². The summed E-state index contributed by atoms with van der Waals surface area (Å²) < 4.78 is 0. The van der Waals surface area contributed by atoms with Gasteiger partial charge in [-0.3, -0.25) is 9.59 Å². The molecular weight excluding hydrogens is 338 g/mol. The van der Waals surface area contributed by atoms with Gasteiger partial charge in [0.15, 0.2) is 0 Å². The number of carbonyl (C=O) groups excluding carboxylic acids is 2. The van der Waals surface area contributed by atoms with Gasteiger partial charge in [0.1, 0.15) is 5.41 Å². The van der Waals surface area contributed by atoms with Crippen LogP contribution in [0, 0.1) is 5.41 Å². The predicted octanol–water partition coefficient (Wildman–Crippen LogP) is 3.40. The zero-order chi connectivity index (χ0) is 18.9. The molecule has 2 aromatic rings. The van der Waals surface area contributed by atoms with Crippen LogP contribution in [-0.2, 0) is 16.0 Å². The number of hydrogen-bond donors (Lipinski definition) is 2. The highest BCUT2D eigenvalue weighted by Crippen LogP contribution is 2.48. The summed E-state index contributed by atoms with van der Waals surface area (Å²) in [7, 11) is 0. The van der Waals surface area contributed by atoms with Gasteiger partial charge in [0, 0.05) is 36.2 Å². The van der Waals surface area contributed by atoms with Crippen molar-refractivity contribution in [2.45, 2.75) is 57.9 Å². The maximum atomic E-state index is 13.1. The minimum Gasteiger partial charge on any atom is -0.361 e.